The van der Waals surface area contributed by atoms with Crippen molar-refractivity contribution < 1.29 is 0 Å². The molecule has 122 valence electrons. The third-order valence-corrected chi connectivity index (χ3v) is 2.25. The number of hydrogen-bond donors (Lipinski definition) is 0. The Kier molecular flexibility index (Phi) is 17.8. The molecule has 0 fully saturated rings. The number of hydrogen-bond acceptors (Lipinski definition) is 0. The Morgan fingerprint density at radius 3 is 0.762 bits per heavy atom. The van der Waals surface area contributed by atoms with Gasteiger partial charge in [0.2, 0.25) is 0 Å². The van der Waals surface area contributed by atoms with E-state index in [2.05, 4.69) is 73.3 Å². The van der Waals surface area contributed by atoms with E-state index in [4.69, 9.17) is 0 Å². The molecule has 0 rings (SSSR count). The zero-order valence-electron chi connectivity index (χ0n) is 16.7. The van der Waals surface area contributed by atoms with Crippen LogP contribution in [0.1, 0.15) is 83.1 Å². The van der Waals surface area contributed by atoms with Crippen LogP contribution in [0.4, 0.5) is 0 Å². The summed E-state index contributed by atoms with van der Waals surface area (Å²) < 4.78 is 0. The molecule has 0 saturated heterocycles. The maximum atomic E-state index is 3.14. The summed E-state index contributed by atoms with van der Waals surface area (Å²) in [5.74, 6) is 0. The van der Waals surface area contributed by atoms with E-state index >= 15 is 0 Å². The van der Waals surface area contributed by atoms with Crippen LogP contribution in [0, 0.1) is 0 Å². The summed E-state index contributed by atoms with van der Waals surface area (Å²) in [5, 5.41) is 0. The minimum Gasteiger partial charge on any atom is -0.124 e. The van der Waals surface area contributed by atoms with Crippen LogP contribution in [0.3, 0.4) is 0 Å². The van der Waals surface area contributed by atoms with Crippen molar-refractivity contribution in [1.29, 1.82) is 0 Å². The Labute approximate surface area is 135 Å². The van der Waals surface area contributed by atoms with Gasteiger partial charge < -0.3 is 0 Å². The largest absolute Gasteiger partial charge is 0.124 e. The van der Waals surface area contributed by atoms with Crippen LogP contribution < -0.4 is 0 Å². The SMILES string of the molecule is CC(C)=C(C)C.CC(C)=C=C(C)C.CC(C)=CC=C(C)C. The van der Waals surface area contributed by atoms with Crippen molar-refractivity contribution in [3.8, 4) is 0 Å². The van der Waals surface area contributed by atoms with Crippen molar-refractivity contribution in [3.05, 3.63) is 51.3 Å². The zero-order valence-corrected chi connectivity index (χ0v) is 16.7. The van der Waals surface area contributed by atoms with Crippen LogP contribution in [0.25, 0.3) is 0 Å². The van der Waals surface area contributed by atoms with E-state index in [9.17, 15) is 0 Å². The Morgan fingerprint density at radius 1 is 0.476 bits per heavy atom. The lowest BCUT2D eigenvalue weighted by Gasteiger charge is -1.88. The molecule has 0 nitrogen and oxygen atoms in total. The second-order valence-corrected chi connectivity index (χ2v) is 6.61. The number of allylic oxidation sites excluding steroid dienone is 7. The highest BCUT2D eigenvalue weighted by Gasteiger charge is 1.75. The standard InChI is InChI=1S/C8H14.C7H12.C6H12/c1-7(2)5-6-8(3)4;1-6(2)5-7(3)4;1-5(2)6(3)4/h5-6H,1-4H3;1-4H3;1-4H3. The summed E-state index contributed by atoms with van der Waals surface area (Å²) in [6.45, 7) is 25.1. The minimum absolute atomic E-state index is 1.25. The van der Waals surface area contributed by atoms with E-state index in [0.29, 0.717) is 0 Å². The lowest BCUT2D eigenvalue weighted by atomic mass is 10.2. The minimum atomic E-state index is 1.25. The smallest absolute Gasteiger partial charge is 0.0346 e. The van der Waals surface area contributed by atoms with Gasteiger partial charge in [0.05, 0.1) is 0 Å². The molecular weight excluding hydrogens is 252 g/mol. The third kappa shape index (κ3) is 38.1. The van der Waals surface area contributed by atoms with Gasteiger partial charge in [-0.05, 0) is 94.2 Å². The molecule has 0 aliphatic heterocycles. The van der Waals surface area contributed by atoms with Crippen molar-refractivity contribution in [1.82, 2.24) is 0 Å². The quantitative estimate of drug-likeness (QED) is 0.262. The van der Waals surface area contributed by atoms with Crippen LogP contribution in [0.5, 0.6) is 0 Å². The Hall–Kier alpha value is -1.26. The molecule has 0 aromatic carbocycles. The van der Waals surface area contributed by atoms with Crippen LogP contribution in [-0.4, -0.2) is 0 Å². The predicted molar refractivity (Wildman–Crippen MR) is 102 cm³/mol. The molecular formula is C21H38. The maximum Gasteiger partial charge on any atom is -0.0346 e. The van der Waals surface area contributed by atoms with Gasteiger partial charge in [0.15, 0.2) is 0 Å². The fraction of sp³-hybridized carbons (Fsp3) is 0.571. The number of rotatable bonds is 1. The van der Waals surface area contributed by atoms with E-state index in [1.807, 2.05) is 27.7 Å². The van der Waals surface area contributed by atoms with Crippen LogP contribution in [-0.2, 0) is 0 Å². The molecule has 0 saturated carbocycles. The molecule has 0 heteroatoms. The summed E-state index contributed by atoms with van der Waals surface area (Å²) in [6.07, 6.45) is 4.24. The predicted octanol–water partition coefficient (Wildman–Crippen LogP) is 7.80. The van der Waals surface area contributed by atoms with Crippen molar-refractivity contribution in [2.75, 3.05) is 0 Å². The molecule has 0 aliphatic rings. The fourth-order valence-electron chi connectivity index (χ4n) is 0.833. The zero-order chi connectivity index (χ0) is 17.6. The van der Waals surface area contributed by atoms with Gasteiger partial charge in [-0.15, -0.1) is 5.73 Å². The average molecular weight is 291 g/mol. The first-order valence-corrected chi connectivity index (χ1v) is 7.66. The highest BCUT2D eigenvalue weighted by molar-refractivity contribution is 5.12. The van der Waals surface area contributed by atoms with Crippen LogP contribution >= 0.6 is 0 Å². The second kappa shape index (κ2) is 15.1. The van der Waals surface area contributed by atoms with Gasteiger partial charge in [0.1, 0.15) is 0 Å². The Bertz CT molecular complexity index is 369. The van der Waals surface area contributed by atoms with Gasteiger partial charge in [-0.1, -0.05) is 34.4 Å². The molecule has 0 aliphatic carbocycles. The van der Waals surface area contributed by atoms with Crippen molar-refractivity contribution in [2.45, 2.75) is 83.1 Å². The van der Waals surface area contributed by atoms with Gasteiger partial charge >= 0.3 is 0 Å². The first-order chi connectivity index (χ1) is 9.39. The summed E-state index contributed by atoms with van der Waals surface area (Å²) in [6, 6.07) is 0. The van der Waals surface area contributed by atoms with Gasteiger partial charge in [0, 0.05) is 0 Å². The van der Waals surface area contributed by atoms with E-state index in [1.165, 1.54) is 33.4 Å². The highest BCUT2D eigenvalue weighted by Crippen LogP contribution is 1.97. The van der Waals surface area contributed by atoms with Crippen molar-refractivity contribution in [2.24, 2.45) is 0 Å². The van der Waals surface area contributed by atoms with Gasteiger partial charge in [-0.25, -0.2) is 0 Å². The summed E-state index contributed by atoms with van der Waals surface area (Å²) in [7, 11) is 0. The van der Waals surface area contributed by atoms with Crippen LogP contribution in [0.15, 0.2) is 51.3 Å². The lowest BCUT2D eigenvalue weighted by Crippen LogP contribution is -1.66. The molecule has 0 aromatic rings. The Morgan fingerprint density at radius 2 is 0.714 bits per heavy atom. The molecule has 0 N–H and O–H groups in total. The molecule has 0 radical (unpaired) electrons. The second-order valence-electron chi connectivity index (χ2n) is 6.61. The van der Waals surface area contributed by atoms with E-state index in [1.54, 1.807) is 0 Å². The third-order valence-electron chi connectivity index (χ3n) is 2.25. The molecule has 0 unspecified atom stereocenters. The van der Waals surface area contributed by atoms with Gasteiger partial charge in [0.25, 0.3) is 0 Å². The normalized spacial score (nSPS) is 7.81. The summed E-state index contributed by atoms with van der Waals surface area (Å²) >= 11 is 0. The van der Waals surface area contributed by atoms with E-state index < -0.39 is 0 Å². The first-order valence-electron chi connectivity index (χ1n) is 7.66. The molecule has 0 amide bonds. The summed E-state index contributed by atoms with van der Waals surface area (Å²) in [4.78, 5) is 0. The van der Waals surface area contributed by atoms with Gasteiger partial charge in [-0.3, -0.25) is 0 Å². The van der Waals surface area contributed by atoms with Crippen molar-refractivity contribution >= 4 is 0 Å². The van der Waals surface area contributed by atoms with E-state index in [0.717, 1.165) is 0 Å². The lowest BCUT2D eigenvalue weighted by molar-refractivity contribution is 1.23. The fourth-order valence-corrected chi connectivity index (χ4v) is 0.833. The monoisotopic (exact) mass is 290 g/mol. The van der Waals surface area contributed by atoms with Crippen molar-refractivity contribution in [3.63, 3.8) is 0 Å². The molecule has 0 spiro atoms. The summed E-state index contributed by atoms with van der Waals surface area (Å²) in [5.41, 5.74) is 11.2. The topological polar surface area (TPSA) is 0 Å². The average Bonchev–Trinajstić information content (AvgIpc) is 2.25. The first kappa shape index (κ1) is 24.7. The molecule has 0 bridgehead atoms. The maximum absolute atomic E-state index is 3.14. The molecule has 0 atom stereocenters. The Balaban J connectivity index is -0.000000234. The highest BCUT2D eigenvalue weighted by atomic mass is 13.8. The van der Waals surface area contributed by atoms with E-state index in [-0.39, 0.29) is 0 Å². The molecule has 0 heterocycles. The van der Waals surface area contributed by atoms with Gasteiger partial charge in [-0.2, -0.15) is 0 Å². The molecule has 21 heavy (non-hydrogen) atoms. The van der Waals surface area contributed by atoms with Crippen LogP contribution in [0.2, 0.25) is 0 Å². The molecule has 0 aromatic heterocycles.